The molecule has 0 radical (unpaired) electrons. The Kier molecular flexibility index (Phi) is 5.29. The lowest BCUT2D eigenvalue weighted by Crippen LogP contribution is -2.46. The van der Waals surface area contributed by atoms with Crippen LogP contribution in [0.3, 0.4) is 0 Å². The van der Waals surface area contributed by atoms with E-state index in [1.54, 1.807) is 0 Å². The number of carbonyl (C=O) groups excluding carboxylic acids is 1. The molecular weight excluding hydrogens is 294 g/mol. The van der Waals surface area contributed by atoms with Crippen LogP contribution in [0.25, 0.3) is 0 Å². The van der Waals surface area contributed by atoms with Crippen LogP contribution >= 0.6 is 0 Å². The van der Waals surface area contributed by atoms with Gasteiger partial charge in [-0.2, -0.15) is 0 Å². The molecule has 0 fully saturated rings. The number of amides is 1. The minimum atomic E-state index is -0.986. The zero-order valence-corrected chi connectivity index (χ0v) is 14.0. The molecule has 0 saturated heterocycles. The fourth-order valence-electron chi connectivity index (χ4n) is 2.62. The Labute approximate surface area is 137 Å². The summed E-state index contributed by atoms with van der Waals surface area (Å²) in [4.78, 5) is 23.8. The summed E-state index contributed by atoms with van der Waals surface area (Å²) in [5, 5.41) is 12.0. The lowest BCUT2D eigenvalue weighted by molar-refractivity contribution is -0.143. The van der Waals surface area contributed by atoms with Crippen LogP contribution in [0, 0.1) is 11.3 Å². The zero-order chi connectivity index (χ0) is 17.0. The summed E-state index contributed by atoms with van der Waals surface area (Å²) in [5.41, 5.74) is 1.02. The number of para-hydroxylation sites is 1. The highest BCUT2D eigenvalue weighted by atomic mass is 16.5. The van der Waals surface area contributed by atoms with E-state index >= 15 is 0 Å². The van der Waals surface area contributed by atoms with Gasteiger partial charge in [-0.05, 0) is 36.3 Å². The Morgan fingerprint density at radius 2 is 2.04 bits per heavy atom. The lowest BCUT2D eigenvalue weighted by Gasteiger charge is -2.27. The summed E-state index contributed by atoms with van der Waals surface area (Å²) in [6.07, 6.45) is 1.73. The number of nitrogens with one attached hydrogen (secondary N) is 1. The Morgan fingerprint density at radius 3 is 2.70 bits per heavy atom. The standard InChI is InChI=1S/C18H25NO4/c1-18(2,3)9-8-14(17(21)22)19-16(20)13-10-12-6-4-5-7-15(12)23-11-13/h4-7,13-14H,8-11H2,1-3H3,(H,19,20)(H,21,22). The van der Waals surface area contributed by atoms with E-state index in [4.69, 9.17) is 4.74 Å². The Morgan fingerprint density at radius 1 is 1.35 bits per heavy atom. The van der Waals surface area contributed by atoms with Gasteiger partial charge in [0.15, 0.2) is 0 Å². The fraction of sp³-hybridized carbons (Fsp3) is 0.556. The zero-order valence-electron chi connectivity index (χ0n) is 14.0. The molecule has 0 aliphatic carbocycles. The molecule has 23 heavy (non-hydrogen) atoms. The Balaban J connectivity index is 1.96. The predicted octanol–water partition coefficient (Wildman–Crippen LogP) is 2.63. The fourth-order valence-corrected chi connectivity index (χ4v) is 2.62. The molecule has 0 saturated carbocycles. The summed E-state index contributed by atoms with van der Waals surface area (Å²) in [6, 6.07) is 6.77. The number of hydrogen-bond acceptors (Lipinski definition) is 3. The van der Waals surface area contributed by atoms with Gasteiger partial charge in [-0.1, -0.05) is 39.0 Å². The number of rotatable bonds is 5. The van der Waals surface area contributed by atoms with Gasteiger partial charge in [0, 0.05) is 0 Å². The highest BCUT2D eigenvalue weighted by Crippen LogP contribution is 2.27. The molecule has 5 heteroatoms. The van der Waals surface area contributed by atoms with Gasteiger partial charge in [-0.25, -0.2) is 4.79 Å². The van der Waals surface area contributed by atoms with Gasteiger partial charge in [0.2, 0.25) is 5.91 Å². The minimum Gasteiger partial charge on any atom is -0.492 e. The van der Waals surface area contributed by atoms with Crippen molar-refractivity contribution >= 4 is 11.9 Å². The molecule has 5 nitrogen and oxygen atoms in total. The molecule has 0 bridgehead atoms. The van der Waals surface area contributed by atoms with Crippen LogP contribution in [-0.4, -0.2) is 29.6 Å². The van der Waals surface area contributed by atoms with E-state index in [1.807, 2.05) is 24.3 Å². The van der Waals surface area contributed by atoms with E-state index in [-0.39, 0.29) is 23.8 Å². The normalized spacial score (nSPS) is 18.5. The van der Waals surface area contributed by atoms with Crippen molar-refractivity contribution in [2.45, 2.75) is 46.1 Å². The second-order valence-corrected chi connectivity index (χ2v) is 7.32. The van der Waals surface area contributed by atoms with Crippen LogP contribution in [0.5, 0.6) is 5.75 Å². The monoisotopic (exact) mass is 319 g/mol. The molecule has 1 aromatic carbocycles. The van der Waals surface area contributed by atoms with Crippen molar-refractivity contribution in [3.05, 3.63) is 29.8 Å². The van der Waals surface area contributed by atoms with E-state index in [1.165, 1.54) is 0 Å². The van der Waals surface area contributed by atoms with Crippen molar-refractivity contribution in [3.8, 4) is 5.75 Å². The number of carboxylic acid groups (broad SMARTS) is 1. The summed E-state index contributed by atoms with van der Waals surface area (Å²) in [6.45, 7) is 6.45. The minimum absolute atomic E-state index is 0.0331. The first-order valence-electron chi connectivity index (χ1n) is 8.00. The van der Waals surface area contributed by atoms with Crippen molar-refractivity contribution in [2.24, 2.45) is 11.3 Å². The van der Waals surface area contributed by atoms with Crippen LogP contribution in [0.1, 0.15) is 39.2 Å². The van der Waals surface area contributed by atoms with Gasteiger partial charge in [0.05, 0.1) is 5.92 Å². The number of fused-ring (bicyclic) bond motifs is 1. The highest BCUT2D eigenvalue weighted by Gasteiger charge is 2.29. The van der Waals surface area contributed by atoms with Crippen molar-refractivity contribution in [1.82, 2.24) is 5.32 Å². The maximum atomic E-state index is 12.4. The highest BCUT2D eigenvalue weighted by molar-refractivity contribution is 5.85. The van der Waals surface area contributed by atoms with Gasteiger partial charge in [0.1, 0.15) is 18.4 Å². The maximum absolute atomic E-state index is 12.4. The van der Waals surface area contributed by atoms with E-state index in [0.29, 0.717) is 12.8 Å². The molecule has 2 rings (SSSR count). The molecule has 1 aliphatic rings. The van der Waals surface area contributed by atoms with Gasteiger partial charge in [0.25, 0.3) is 0 Å². The lowest BCUT2D eigenvalue weighted by atomic mass is 9.88. The first-order chi connectivity index (χ1) is 10.8. The summed E-state index contributed by atoms with van der Waals surface area (Å²) >= 11 is 0. The molecule has 2 N–H and O–H groups in total. The number of carbonyl (C=O) groups is 2. The second-order valence-electron chi connectivity index (χ2n) is 7.32. The summed E-state index contributed by atoms with van der Waals surface area (Å²) in [5.74, 6) is -0.777. The van der Waals surface area contributed by atoms with Crippen LogP contribution in [0.15, 0.2) is 24.3 Å². The molecule has 0 spiro atoms. The number of hydrogen-bond donors (Lipinski definition) is 2. The van der Waals surface area contributed by atoms with Gasteiger partial charge in [-0.3, -0.25) is 4.79 Å². The van der Waals surface area contributed by atoms with Crippen molar-refractivity contribution in [2.75, 3.05) is 6.61 Å². The number of ether oxygens (including phenoxy) is 1. The number of carboxylic acids is 1. The first-order valence-corrected chi connectivity index (χ1v) is 8.00. The molecule has 126 valence electrons. The van der Waals surface area contributed by atoms with E-state index in [0.717, 1.165) is 17.7 Å². The van der Waals surface area contributed by atoms with Gasteiger partial charge in [-0.15, -0.1) is 0 Å². The Hall–Kier alpha value is -2.04. The van der Waals surface area contributed by atoms with Crippen molar-refractivity contribution in [1.29, 1.82) is 0 Å². The largest absolute Gasteiger partial charge is 0.492 e. The van der Waals surface area contributed by atoms with E-state index in [2.05, 4.69) is 26.1 Å². The molecule has 1 heterocycles. The SMILES string of the molecule is CC(C)(C)CCC(NC(=O)C1COc2ccccc2C1)C(=O)O. The summed E-state index contributed by atoms with van der Waals surface area (Å²) < 4.78 is 5.61. The number of benzene rings is 1. The third-order valence-electron chi connectivity index (χ3n) is 4.05. The topological polar surface area (TPSA) is 75.6 Å². The van der Waals surface area contributed by atoms with Crippen LogP contribution in [0.2, 0.25) is 0 Å². The average molecular weight is 319 g/mol. The Bertz CT molecular complexity index is 577. The number of aliphatic carboxylic acids is 1. The van der Waals surface area contributed by atoms with Crippen LogP contribution in [-0.2, 0) is 16.0 Å². The molecular formula is C18H25NO4. The van der Waals surface area contributed by atoms with E-state index < -0.39 is 12.0 Å². The molecule has 0 aromatic heterocycles. The molecule has 1 amide bonds. The second kappa shape index (κ2) is 7.02. The van der Waals surface area contributed by atoms with Crippen molar-refractivity contribution < 1.29 is 19.4 Å². The molecule has 1 aromatic rings. The quantitative estimate of drug-likeness (QED) is 0.875. The predicted molar refractivity (Wildman–Crippen MR) is 87.4 cm³/mol. The molecule has 2 atom stereocenters. The third-order valence-corrected chi connectivity index (χ3v) is 4.05. The molecule has 2 unspecified atom stereocenters. The molecule has 1 aliphatic heterocycles. The first kappa shape index (κ1) is 17.3. The maximum Gasteiger partial charge on any atom is 0.326 e. The summed E-state index contributed by atoms with van der Waals surface area (Å²) in [7, 11) is 0. The van der Waals surface area contributed by atoms with Crippen LogP contribution in [0.4, 0.5) is 0 Å². The van der Waals surface area contributed by atoms with E-state index in [9.17, 15) is 14.7 Å². The van der Waals surface area contributed by atoms with Gasteiger partial charge < -0.3 is 15.2 Å². The van der Waals surface area contributed by atoms with Crippen LogP contribution < -0.4 is 10.1 Å². The van der Waals surface area contributed by atoms with Crippen molar-refractivity contribution in [3.63, 3.8) is 0 Å². The average Bonchev–Trinajstić information content (AvgIpc) is 2.49. The smallest absolute Gasteiger partial charge is 0.326 e. The third kappa shape index (κ3) is 4.98. The van der Waals surface area contributed by atoms with Gasteiger partial charge >= 0.3 is 5.97 Å².